The molecule has 1 aromatic heterocycles. The summed E-state index contributed by atoms with van der Waals surface area (Å²) in [5.41, 5.74) is -0.424. The molecule has 2 aromatic rings. The number of furan rings is 1. The van der Waals surface area contributed by atoms with Crippen molar-refractivity contribution in [3.8, 4) is 5.75 Å². The Morgan fingerprint density at radius 1 is 1.26 bits per heavy atom. The normalized spacial score (nSPS) is 24.6. The number of likely N-dealkylation sites (tertiary alicyclic amines) is 1. The largest absolute Gasteiger partial charge is 0.485 e. The first-order valence-electron chi connectivity index (χ1n) is 8.81. The third-order valence-corrected chi connectivity index (χ3v) is 6.84. The summed E-state index contributed by atoms with van der Waals surface area (Å²) in [5.74, 6) is 0.412. The van der Waals surface area contributed by atoms with Gasteiger partial charge in [0.2, 0.25) is 20.8 Å². The number of hydrogen-bond acceptors (Lipinski definition) is 6. The van der Waals surface area contributed by atoms with Gasteiger partial charge in [-0.05, 0) is 50.6 Å². The molecule has 3 heterocycles. The van der Waals surface area contributed by atoms with Gasteiger partial charge in [0.05, 0.1) is 17.2 Å². The Bertz CT molecular complexity index is 980. The lowest BCUT2D eigenvalue weighted by molar-refractivity contribution is -0.139. The smallest absolute Gasteiger partial charge is 0.239 e. The van der Waals surface area contributed by atoms with Crippen LogP contribution in [0.25, 0.3) is 0 Å². The van der Waals surface area contributed by atoms with Crippen molar-refractivity contribution in [1.82, 2.24) is 4.90 Å². The number of carbonyl (C=O) groups excluding carboxylic acids is 1. The SMILES string of the molecule is CC1(C)Oc2ccc(S(=O)(=O)c3ccco3)cc2[C@H](N2CCCC2=O)[C@H]1O. The molecule has 27 heavy (non-hydrogen) atoms. The molecular weight excluding hydrogens is 370 g/mol. The van der Waals surface area contributed by atoms with E-state index < -0.39 is 27.6 Å². The number of ether oxygens (including phenoxy) is 1. The van der Waals surface area contributed by atoms with E-state index >= 15 is 0 Å². The molecule has 0 unspecified atom stereocenters. The van der Waals surface area contributed by atoms with Crippen LogP contribution in [0.4, 0.5) is 0 Å². The van der Waals surface area contributed by atoms with Crippen LogP contribution in [0.5, 0.6) is 5.75 Å². The summed E-state index contributed by atoms with van der Waals surface area (Å²) in [6, 6.07) is 6.73. The van der Waals surface area contributed by atoms with Crippen molar-refractivity contribution in [3.63, 3.8) is 0 Å². The first-order chi connectivity index (χ1) is 12.7. The first kappa shape index (κ1) is 18.1. The predicted molar refractivity (Wildman–Crippen MR) is 95.0 cm³/mol. The number of nitrogens with zero attached hydrogens (tertiary/aromatic N) is 1. The van der Waals surface area contributed by atoms with E-state index in [0.29, 0.717) is 30.7 Å². The molecular formula is C19H21NO6S. The molecule has 1 aromatic carbocycles. The van der Waals surface area contributed by atoms with Crippen LogP contribution in [0.3, 0.4) is 0 Å². The standard InChI is InChI=1S/C19H21NO6S/c1-19(2)18(22)17(20-9-3-5-15(20)21)13-11-12(7-8-14(13)26-19)27(23,24)16-6-4-10-25-16/h4,6-8,10-11,17-18,22H,3,5,9H2,1-2H3/t17-,18+/m0/s1. The van der Waals surface area contributed by atoms with Gasteiger partial charge in [0, 0.05) is 18.5 Å². The first-order valence-corrected chi connectivity index (χ1v) is 10.3. The van der Waals surface area contributed by atoms with Crippen molar-refractivity contribution in [1.29, 1.82) is 0 Å². The van der Waals surface area contributed by atoms with Crippen LogP contribution in [0.1, 0.15) is 38.3 Å². The summed E-state index contributed by atoms with van der Waals surface area (Å²) in [5, 5.41) is 10.8. The van der Waals surface area contributed by atoms with Crippen LogP contribution in [0, 0.1) is 0 Å². The number of fused-ring (bicyclic) bond motifs is 1. The fourth-order valence-electron chi connectivity index (χ4n) is 3.75. The molecule has 1 amide bonds. The zero-order valence-corrected chi connectivity index (χ0v) is 15.9. The van der Waals surface area contributed by atoms with Gasteiger partial charge in [-0.3, -0.25) is 4.79 Å². The Morgan fingerprint density at radius 3 is 2.67 bits per heavy atom. The molecule has 2 aliphatic rings. The second-order valence-corrected chi connectivity index (χ2v) is 9.30. The molecule has 8 heteroatoms. The monoisotopic (exact) mass is 391 g/mol. The van der Waals surface area contributed by atoms with E-state index in [9.17, 15) is 18.3 Å². The Kier molecular flexibility index (Phi) is 4.08. The number of amides is 1. The second-order valence-electron chi connectivity index (χ2n) is 7.42. The van der Waals surface area contributed by atoms with Gasteiger partial charge in [-0.25, -0.2) is 8.42 Å². The summed E-state index contributed by atoms with van der Waals surface area (Å²) >= 11 is 0. The fourth-order valence-corrected chi connectivity index (χ4v) is 4.95. The maximum absolute atomic E-state index is 12.8. The molecule has 1 fully saturated rings. The molecule has 7 nitrogen and oxygen atoms in total. The quantitative estimate of drug-likeness (QED) is 0.862. The second kappa shape index (κ2) is 6.10. The van der Waals surface area contributed by atoms with E-state index in [0.717, 1.165) is 0 Å². The fraction of sp³-hybridized carbons (Fsp3) is 0.421. The van der Waals surface area contributed by atoms with Gasteiger partial charge >= 0.3 is 0 Å². The maximum Gasteiger partial charge on any atom is 0.239 e. The van der Waals surface area contributed by atoms with Crippen LogP contribution >= 0.6 is 0 Å². The number of aliphatic hydroxyl groups excluding tert-OH is 1. The van der Waals surface area contributed by atoms with Gasteiger partial charge in [0.15, 0.2) is 0 Å². The number of hydrogen-bond donors (Lipinski definition) is 1. The molecule has 0 radical (unpaired) electrons. The molecule has 1 saturated heterocycles. The zero-order chi connectivity index (χ0) is 19.4. The minimum atomic E-state index is -3.84. The van der Waals surface area contributed by atoms with Crippen molar-refractivity contribution in [3.05, 3.63) is 42.2 Å². The van der Waals surface area contributed by atoms with E-state index in [4.69, 9.17) is 9.15 Å². The van der Waals surface area contributed by atoms with Crippen molar-refractivity contribution in [2.75, 3.05) is 6.54 Å². The lowest BCUT2D eigenvalue weighted by Gasteiger charge is -2.45. The highest BCUT2D eigenvalue weighted by molar-refractivity contribution is 7.91. The number of aliphatic hydroxyl groups is 1. The van der Waals surface area contributed by atoms with E-state index in [1.54, 1.807) is 24.8 Å². The summed E-state index contributed by atoms with van der Waals surface area (Å²) in [6.45, 7) is 4.02. The topological polar surface area (TPSA) is 97.1 Å². The van der Waals surface area contributed by atoms with Crippen LogP contribution < -0.4 is 4.74 Å². The molecule has 1 N–H and O–H groups in total. The zero-order valence-electron chi connectivity index (χ0n) is 15.1. The van der Waals surface area contributed by atoms with Crippen molar-refractivity contribution in [2.24, 2.45) is 0 Å². The minimum Gasteiger partial charge on any atom is -0.485 e. The molecule has 0 saturated carbocycles. The van der Waals surface area contributed by atoms with Gasteiger partial charge in [-0.1, -0.05) is 0 Å². The molecule has 2 aliphatic heterocycles. The maximum atomic E-state index is 12.8. The highest BCUT2D eigenvalue weighted by atomic mass is 32.2. The van der Waals surface area contributed by atoms with Gasteiger partial charge in [-0.2, -0.15) is 0 Å². The minimum absolute atomic E-state index is 0.0309. The van der Waals surface area contributed by atoms with E-state index in [-0.39, 0.29) is 15.9 Å². The van der Waals surface area contributed by atoms with Crippen LogP contribution in [-0.2, 0) is 14.6 Å². The highest BCUT2D eigenvalue weighted by Crippen LogP contribution is 2.45. The van der Waals surface area contributed by atoms with Gasteiger partial charge in [-0.15, -0.1) is 0 Å². The van der Waals surface area contributed by atoms with E-state index in [2.05, 4.69) is 0 Å². The number of rotatable bonds is 3. The average molecular weight is 391 g/mol. The van der Waals surface area contributed by atoms with Crippen LogP contribution in [0.15, 0.2) is 51.0 Å². The van der Waals surface area contributed by atoms with E-state index in [1.807, 2.05) is 0 Å². The highest BCUT2D eigenvalue weighted by Gasteiger charge is 2.47. The summed E-state index contributed by atoms with van der Waals surface area (Å²) in [4.78, 5) is 14.0. The average Bonchev–Trinajstić information content (AvgIpc) is 3.28. The van der Waals surface area contributed by atoms with Crippen molar-refractivity contribution in [2.45, 2.75) is 54.4 Å². The molecule has 0 spiro atoms. The lowest BCUT2D eigenvalue weighted by Crippen LogP contribution is -2.53. The Morgan fingerprint density at radius 2 is 2.04 bits per heavy atom. The third kappa shape index (κ3) is 2.83. The lowest BCUT2D eigenvalue weighted by atomic mass is 9.85. The molecule has 2 atom stereocenters. The summed E-state index contributed by atoms with van der Waals surface area (Å²) < 4.78 is 36.6. The Hall–Kier alpha value is -2.32. The molecule has 0 aliphatic carbocycles. The summed E-state index contributed by atoms with van der Waals surface area (Å²) in [6.07, 6.45) is 1.44. The van der Waals surface area contributed by atoms with Crippen molar-refractivity contribution < 1.29 is 27.5 Å². The number of benzene rings is 1. The van der Waals surface area contributed by atoms with Gasteiger partial charge in [0.25, 0.3) is 0 Å². The number of carbonyl (C=O) groups is 1. The third-order valence-electron chi connectivity index (χ3n) is 5.20. The summed E-state index contributed by atoms with van der Waals surface area (Å²) in [7, 11) is -3.84. The molecule has 144 valence electrons. The van der Waals surface area contributed by atoms with E-state index in [1.165, 1.54) is 30.5 Å². The van der Waals surface area contributed by atoms with Gasteiger partial charge < -0.3 is 19.2 Å². The number of sulfone groups is 1. The Balaban J connectivity index is 1.85. The van der Waals surface area contributed by atoms with Crippen LogP contribution in [-0.4, -0.2) is 42.6 Å². The van der Waals surface area contributed by atoms with Gasteiger partial charge in [0.1, 0.15) is 17.5 Å². The molecule has 0 bridgehead atoms. The predicted octanol–water partition coefficient (Wildman–Crippen LogP) is 2.31. The van der Waals surface area contributed by atoms with Crippen LogP contribution in [0.2, 0.25) is 0 Å². The molecule has 4 rings (SSSR count). The Labute approximate surface area is 157 Å². The van der Waals surface area contributed by atoms with Crippen molar-refractivity contribution >= 4 is 15.7 Å².